The van der Waals surface area contributed by atoms with Gasteiger partial charge in [-0.3, -0.25) is 0 Å². The molecule has 9 heavy (non-hydrogen) atoms. The van der Waals surface area contributed by atoms with Crippen LogP contribution in [0.25, 0.3) is 5.73 Å². The molecule has 1 fully saturated rings. The number of nitrogens with one attached hydrogen (secondary N) is 1. The Labute approximate surface area is 79.9 Å². The molecule has 0 amide bonds. The third-order valence-electron chi connectivity index (χ3n) is 1.43. The van der Waals surface area contributed by atoms with Crippen LogP contribution in [-0.2, 0) is 4.74 Å². The zero-order valence-electron chi connectivity index (χ0n) is 5.52. The molecule has 1 atom stereocenters. The minimum atomic E-state index is -0.225. The van der Waals surface area contributed by atoms with E-state index < -0.39 is 0 Å². The average Bonchev–Trinajstić information content (AvgIpc) is 1.94. The van der Waals surface area contributed by atoms with Gasteiger partial charge in [-0.25, -0.2) is 0 Å². The monoisotopic (exact) mass is 352 g/mol. The normalized spacial score (nSPS) is 28.3. The van der Waals surface area contributed by atoms with Crippen LogP contribution in [0.1, 0.15) is 25.7 Å². The Balaban J connectivity index is 0.000000640. The second-order valence-corrected chi connectivity index (χ2v) is 2.21. The van der Waals surface area contributed by atoms with E-state index in [4.69, 9.17) is 10.5 Å². The van der Waals surface area contributed by atoms with Gasteiger partial charge in [-0.2, -0.15) is 0 Å². The molecule has 1 aliphatic rings. The van der Waals surface area contributed by atoms with Crippen LogP contribution in [0.4, 0.5) is 0 Å². The maximum atomic E-state index is 7.19. The summed E-state index contributed by atoms with van der Waals surface area (Å²) in [6.45, 7) is 0.800. The first kappa shape index (κ1) is 9.97. The number of hydrogen-bond acceptors (Lipinski definition) is 1. The third kappa shape index (κ3) is 4.39. The molecule has 1 rings (SSSR count). The number of ether oxygens (including phenoxy) is 1. The molecule has 1 saturated heterocycles. The molecule has 1 unspecified atom stereocenters. The van der Waals surface area contributed by atoms with Crippen molar-refractivity contribution in [2.45, 2.75) is 31.9 Å². The predicted molar refractivity (Wildman–Crippen MR) is 32.5 cm³/mol. The smallest absolute Gasteiger partial charge is 0.0445 e. The van der Waals surface area contributed by atoms with Crippen LogP contribution in [0.15, 0.2) is 0 Å². The molecule has 1 heterocycles. The summed E-state index contributed by atoms with van der Waals surface area (Å²) < 4.78 is 5.07. The number of rotatable bonds is 0. The second-order valence-electron chi connectivity index (χ2n) is 2.21. The summed E-state index contributed by atoms with van der Waals surface area (Å²) in [7, 11) is 0. The summed E-state index contributed by atoms with van der Waals surface area (Å²) in [5.74, 6) is 0. The maximum absolute atomic E-state index is 7.19. The van der Waals surface area contributed by atoms with Gasteiger partial charge in [-0.15, -0.1) is 0 Å². The van der Waals surface area contributed by atoms with E-state index in [0.717, 1.165) is 19.4 Å². The van der Waals surface area contributed by atoms with Gasteiger partial charge in [-0.1, -0.05) is 12.8 Å². The van der Waals surface area contributed by atoms with E-state index in [0.29, 0.717) is 0 Å². The summed E-state index contributed by atoms with van der Waals surface area (Å²) >= 11 is 0. The van der Waals surface area contributed by atoms with Crippen LogP contribution in [0.3, 0.4) is 0 Å². The summed E-state index contributed by atoms with van der Waals surface area (Å²) in [5.41, 5.74) is 7.19. The fourth-order valence-electron chi connectivity index (χ4n) is 0.917. The van der Waals surface area contributed by atoms with Gasteiger partial charge >= 0.3 is 0 Å². The molecule has 52 valence electrons. The predicted octanol–water partition coefficient (Wildman–Crippen LogP) is 1.96. The molecule has 0 aromatic rings. The second kappa shape index (κ2) is 5.73. The van der Waals surface area contributed by atoms with Crippen LogP contribution in [0, 0.1) is 31.1 Å². The van der Waals surface area contributed by atoms with E-state index in [1.165, 1.54) is 12.8 Å². The van der Waals surface area contributed by atoms with Crippen molar-refractivity contribution in [2.24, 2.45) is 0 Å². The number of hydrogen-bond donors (Lipinski definition) is 0. The van der Waals surface area contributed by atoms with E-state index in [2.05, 4.69) is 0 Å². The molecular formula is C6H12NOU-. The topological polar surface area (TPSA) is 33.0 Å². The minimum Gasteiger partial charge on any atom is -0.652 e. The summed E-state index contributed by atoms with van der Waals surface area (Å²) in [5, 5.41) is 0. The van der Waals surface area contributed by atoms with Crippen LogP contribution < -0.4 is 0 Å². The molecule has 1 aliphatic heterocycles. The fraction of sp³-hybridized carbons (Fsp3) is 1.00. The van der Waals surface area contributed by atoms with Gasteiger partial charge in [0.05, 0.1) is 0 Å². The van der Waals surface area contributed by atoms with Gasteiger partial charge in [0.25, 0.3) is 0 Å². The molecule has 0 radical (unpaired) electrons. The van der Waals surface area contributed by atoms with Crippen molar-refractivity contribution in [1.82, 2.24) is 0 Å². The molecule has 0 spiro atoms. The maximum Gasteiger partial charge on any atom is 0.0445 e. The zero-order valence-corrected chi connectivity index (χ0v) is 9.68. The minimum absolute atomic E-state index is 0. The molecule has 0 aromatic heterocycles. The van der Waals surface area contributed by atoms with Gasteiger partial charge in [0.1, 0.15) is 0 Å². The van der Waals surface area contributed by atoms with E-state index >= 15 is 0 Å². The average molecular weight is 352 g/mol. The molecule has 1 N–H and O–H groups in total. The van der Waals surface area contributed by atoms with Crippen molar-refractivity contribution in [1.29, 1.82) is 0 Å². The van der Waals surface area contributed by atoms with Crippen molar-refractivity contribution in [3.63, 3.8) is 0 Å². The molecule has 0 bridgehead atoms. The zero-order chi connectivity index (χ0) is 5.82. The van der Waals surface area contributed by atoms with Gasteiger partial charge in [0.2, 0.25) is 0 Å². The summed E-state index contributed by atoms with van der Waals surface area (Å²) in [4.78, 5) is 0. The van der Waals surface area contributed by atoms with Crippen molar-refractivity contribution >= 4 is 0 Å². The largest absolute Gasteiger partial charge is 0.652 e. The SMILES string of the molecule is [NH-]C1CCCCCO1.[U]. The van der Waals surface area contributed by atoms with Crippen molar-refractivity contribution in [3.8, 4) is 0 Å². The van der Waals surface area contributed by atoms with Crippen LogP contribution in [-0.4, -0.2) is 12.8 Å². The first-order valence-electron chi connectivity index (χ1n) is 3.22. The molecule has 3 heteroatoms. The third-order valence-corrected chi connectivity index (χ3v) is 1.43. The molecule has 0 aromatic carbocycles. The van der Waals surface area contributed by atoms with Crippen LogP contribution >= 0.6 is 0 Å². The summed E-state index contributed by atoms with van der Waals surface area (Å²) in [6, 6.07) is 0. The van der Waals surface area contributed by atoms with Gasteiger partial charge < -0.3 is 10.5 Å². The molecule has 2 nitrogen and oxygen atoms in total. The molecule has 0 saturated carbocycles. The van der Waals surface area contributed by atoms with Crippen LogP contribution in [0.5, 0.6) is 0 Å². The van der Waals surface area contributed by atoms with E-state index in [9.17, 15) is 0 Å². The van der Waals surface area contributed by atoms with Crippen molar-refractivity contribution in [2.75, 3.05) is 6.61 Å². The molecular weight excluding hydrogens is 340 g/mol. The van der Waals surface area contributed by atoms with Crippen molar-refractivity contribution in [3.05, 3.63) is 5.73 Å². The Hall–Kier alpha value is 0.972. The Kier molecular flexibility index (Phi) is 6.35. The standard InChI is InChI=1S/C6H12NO.U/c7-6-4-2-1-3-5-8-6;/h6-7H,1-5H2;/q-1;. The van der Waals surface area contributed by atoms with Gasteiger partial charge in [0, 0.05) is 37.7 Å². The first-order valence-corrected chi connectivity index (χ1v) is 3.22. The van der Waals surface area contributed by atoms with Gasteiger partial charge in [-0.05, 0) is 19.1 Å². The van der Waals surface area contributed by atoms with Crippen molar-refractivity contribution < 1.29 is 35.9 Å². The quantitative estimate of drug-likeness (QED) is 0.656. The van der Waals surface area contributed by atoms with E-state index in [1.807, 2.05) is 0 Å². The van der Waals surface area contributed by atoms with E-state index in [-0.39, 0.29) is 37.3 Å². The first-order chi connectivity index (χ1) is 3.89. The van der Waals surface area contributed by atoms with Crippen LogP contribution in [0.2, 0.25) is 0 Å². The Morgan fingerprint density at radius 2 is 2.00 bits per heavy atom. The Bertz CT molecular complexity index is 62.1. The Morgan fingerprint density at radius 3 is 2.78 bits per heavy atom. The Morgan fingerprint density at radius 1 is 1.22 bits per heavy atom. The molecule has 0 aliphatic carbocycles. The van der Waals surface area contributed by atoms with Gasteiger partial charge in [0.15, 0.2) is 0 Å². The fourth-order valence-corrected chi connectivity index (χ4v) is 0.917. The van der Waals surface area contributed by atoms with E-state index in [1.54, 1.807) is 0 Å². The summed E-state index contributed by atoms with van der Waals surface area (Å²) in [6.07, 6.45) is 4.27.